The summed E-state index contributed by atoms with van der Waals surface area (Å²) in [5.41, 5.74) is 6.25. The second-order valence-electron chi connectivity index (χ2n) is 10.1. The molecule has 202 valence electrons. The van der Waals surface area contributed by atoms with Gasteiger partial charge >= 0.3 is 5.97 Å². The number of carboxylic acids is 1. The number of aromatic carboxylic acids is 1. The van der Waals surface area contributed by atoms with E-state index in [1.165, 1.54) is 0 Å². The van der Waals surface area contributed by atoms with Gasteiger partial charge in [0.05, 0.1) is 31.2 Å². The van der Waals surface area contributed by atoms with Crippen LogP contribution in [0.3, 0.4) is 0 Å². The molecular formula is C32H29N3O5. The number of nitrogens with one attached hydrogen (secondary N) is 1. The Morgan fingerprint density at radius 2 is 1.65 bits per heavy atom. The molecular weight excluding hydrogens is 506 g/mol. The lowest BCUT2D eigenvalue weighted by atomic mass is 9.72. The minimum absolute atomic E-state index is 0.0515. The summed E-state index contributed by atoms with van der Waals surface area (Å²) in [6.45, 7) is 1.95. The van der Waals surface area contributed by atoms with E-state index in [4.69, 9.17) is 14.6 Å². The van der Waals surface area contributed by atoms with Crippen LogP contribution in [0.5, 0.6) is 11.5 Å². The predicted molar refractivity (Wildman–Crippen MR) is 151 cm³/mol. The molecule has 1 aliphatic heterocycles. The highest BCUT2D eigenvalue weighted by Crippen LogP contribution is 2.50. The number of para-hydroxylation sites is 1. The van der Waals surface area contributed by atoms with Crippen LogP contribution < -0.4 is 14.8 Å². The summed E-state index contributed by atoms with van der Waals surface area (Å²) in [6, 6.07) is 22.5. The summed E-state index contributed by atoms with van der Waals surface area (Å²) in [4.78, 5) is 25.5. The molecule has 2 atom stereocenters. The van der Waals surface area contributed by atoms with Crippen LogP contribution in [0.2, 0.25) is 0 Å². The molecule has 4 aromatic rings. The SMILES string of the molecule is COc1ccc([C@@H]2CC(=O)C3=C(C2)Nc2c(c(C)nn2-c2ccccc2)[C@@H]3c2ccc(C(=O)O)cc2)cc1OC. The number of carboxylic acid groups (broad SMARTS) is 1. The Morgan fingerprint density at radius 1 is 0.950 bits per heavy atom. The van der Waals surface area contributed by atoms with Gasteiger partial charge in [0.2, 0.25) is 0 Å². The van der Waals surface area contributed by atoms with Crippen molar-refractivity contribution in [2.75, 3.05) is 19.5 Å². The monoisotopic (exact) mass is 535 g/mol. The number of allylic oxidation sites excluding steroid dienone is 2. The van der Waals surface area contributed by atoms with Gasteiger partial charge in [0, 0.05) is 29.2 Å². The fraction of sp³-hybridized carbons (Fsp3) is 0.219. The molecule has 0 fully saturated rings. The Morgan fingerprint density at radius 3 is 2.33 bits per heavy atom. The number of nitrogens with zero attached hydrogens (tertiary/aromatic N) is 2. The normalized spacial score (nSPS) is 18.0. The van der Waals surface area contributed by atoms with Crippen molar-refractivity contribution in [2.24, 2.45) is 0 Å². The van der Waals surface area contributed by atoms with E-state index in [0.29, 0.717) is 29.9 Å². The van der Waals surface area contributed by atoms with E-state index in [9.17, 15) is 14.7 Å². The number of hydrogen-bond acceptors (Lipinski definition) is 6. The number of fused-ring (bicyclic) bond motifs is 1. The summed E-state index contributed by atoms with van der Waals surface area (Å²) < 4.78 is 12.8. The maximum Gasteiger partial charge on any atom is 0.335 e. The molecule has 0 bridgehead atoms. The summed E-state index contributed by atoms with van der Waals surface area (Å²) >= 11 is 0. The van der Waals surface area contributed by atoms with Gasteiger partial charge in [-0.2, -0.15) is 5.10 Å². The predicted octanol–water partition coefficient (Wildman–Crippen LogP) is 5.85. The molecule has 3 aromatic carbocycles. The zero-order valence-electron chi connectivity index (χ0n) is 22.5. The molecule has 0 amide bonds. The van der Waals surface area contributed by atoms with Crippen LogP contribution in [0.25, 0.3) is 5.69 Å². The molecule has 0 radical (unpaired) electrons. The van der Waals surface area contributed by atoms with E-state index >= 15 is 0 Å². The lowest BCUT2D eigenvalue weighted by Gasteiger charge is -2.36. The van der Waals surface area contributed by atoms with Gasteiger partial charge in [-0.3, -0.25) is 4.79 Å². The zero-order valence-corrected chi connectivity index (χ0v) is 22.5. The molecule has 2 N–H and O–H groups in total. The molecule has 2 aliphatic rings. The van der Waals surface area contributed by atoms with E-state index in [-0.39, 0.29) is 23.2 Å². The van der Waals surface area contributed by atoms with Gasteiger partial charge in [0.25, 0.3) is 0 Å². The third-order valence-corrected chi connectivity index (χ3v) is 7.83. The van der Waals surface area contributed by atoms with E-state index in [2.05, 4.69) is 5.32 Å². The summed E-state index contributed by atoms with van der Waals surface area (Å²) in [5.74, 6) is 0.724. The third kappa shape index (κ3) is 4.22. The molecule has 1 aliphatic carbocycles. The standard InChI is InChI=1S/C32H29N3O5/c1-18-28-29(19-9-11-20(12-10-19)32(37)38)30-24(33-31(28)35(34-18)23-7-5-4-6-8-23)15-22(16-25(30)36)21-13-14-26(39-2)27(17-21)40-3/h4-14,17,22,29,33H,15-16H2,1-3H3,(H,37,38)/t22-,29-/m0/s1. The van der Waals surface area contributed by atoms with Crippen molar-refractivity contribution in [1.82, 2.24) is 9.78 Å². The summed E-state index contributed by atoms with van der Waals surface area (Å²) in [6.07, 6.45) is 0.972. The quantitative estimate of drug-likeness (QED) is 0.319. The number of benzene rings is 3. The Balaban J connectivity index is 1.49. The number of methoxy groups -OCH3 is 2. The van der Waals surface area contributed by atoms with E-state index in [0.717, 1.165) is 39.6 Å². The molecule has 0 unspecified atom stereocenters. The van der Waals surface area contributed by atoms with Gasteiger partial charge in [-0.25, -0.2) is 9.48 Å². The fourth-order valence-corrected chi connectivity index (χ4v) is 5.93. The van der Waals surface area contributed by atoms with Crippen molar-refractivity contribution in [3.8, 4) is 17.2 Å². The first kappa shape index (κ1) is 25.4. The number of ether oxygens (including phenoxy) is 2. The second-order valence-corrected chi connectivity index (χ2v) is 10.1. The maximum absolute atomic E-state index is 14.0. The van der Waals surface area contributed by atoms with Crippen LogP contribution in [-0.4, -0.2) is 40.9 Å². The number of aromatic nitrogens is 2. The number of hydrogen-bond donors (Lipinski definition) is 2. The van der Waals surface area contributed by atoms with Crippen LogP contribution in [-0.2, 0) is 4.79 Å². The molecule has 0 saturated heterocycles. The van der Waals surface area contributed by atoms with Crippen LogP contribution in [0.4, 0.5) is 5.82 Å². The van der Waals surface area contributed by atoms with Crippen LogP contribution >= 0.6 is 0 Å². The number of carbonyl (C=O) groups is 2. The summed E-state index contributed by atoms with van der Waals surface area (Å²) in [5, 5.41) is 17.9. The van der Waals surface area contributed by atoms with Gasteiger partial charge in [-0.1, -0.05) is 36.4 Å². The Labute approximate surface area is 231 Å². The van der Waals surface area contributed by atoms with Crippen LogP contribution in [0, 0.1) is 6.92 Å². The van der Waals surface area contributed by atoms with Gasteiger partial charge in [-0.05, 0) is 66.8 Å². The largest absolute Gasteiger partial charge is 0.493 e. The number of anilines is 1. The molecule has 6 rings (SSSR count). The van der Waals surface area contributed by atoms with Gasteiger partial charge in [0.15, 0.2) is 17.3 Å². The van der Waals surface area contributed by atoms with Crippen molar-refractivity contribution in [1.29, 1.82) is 0 Å². The number of Topliss-reactive ketones (excluding diaryl/α,β-unsaturated/α-hetero) is 1. The number of carbonyl (C=O) groups excluding carboxylic acids is 1. The molecule has 8 heteroatoms. The lowest BCUT2D eigenvalue weighted by molar-refractivity contribution is -0.116. The van der Waals surface area contributed by atoms with Crippen molar-refractivity contribution >= 4 is 17.6 Å². The average Bonchev–Trinajstić information content (AvgIpc) is 3.31. The molecule has 0 spiro atoms. The van der Waals surface area contributed by atoms with E-state index in [1.54, 1.807) is 38.5 Å². The van der Waals surface area contributed by atoms with Gasteiger partial charge in [-0.15, -0.1) is 0 Å². The topological polar surface area (TPSA) is 103 Å². The first-order chi connectivity index (χ1) is 19.4. The van der Waals surface area contributed by atoms with Crippen LogP contribution in [0.15, 0.2) is 84.1 Å². The Kier molecular flexibility index (Phi) is 6.38. The van der Waals surface area contributed by atoms with Crippen molar-refractivity contribution < 1.29 is 24.2 Å². The van der Waals surface area contributed by atoms with Crippen LogP contribution in [0.1, 0.15) is 57.4 Å². The van der Waals surface area contributed by atoms with Crippen molar-refractivity contribution in [2.45, 2.75) is 31.6 Å². The second kappa shape index (κ2) is 10.0. The van der Waals surface area contributed by atoms with E-state index in [1.807, 2.05) is 60.1 Å². The number of aryl methyl sites for hydroxylation is 1. The lowest BCUT2D eigenvalue weighted by Crippen LogP contribution is -2.30. The Hall–Kier alpha value is -4.85. The van der Waals surface area contributed by atoms with Gasteiger partial charge < -0.3 is 19.9 Å². The fourth-order valence-electron chi connectivity index (χ4n) is 5.93. The highest BCUT2D eigenvalue weighted by molar-refractivity contribution is 6.02. The average molecular weight is 536 g/mol. The van der Waals surface area contributed by atoms with Crippen molar-refractivity contribution in [3.63, 3.8) is 0 Å². The van der Waals surface area contributed by atoms with E-state index < -0.39 is 5.97 Å². The minimum Gasteiger partial charge on any atom is -0.493 e. The van der Waals surface area contributed by atoms with Gasteiger partial charge in [0.1, 0.15) is 5.82 Å². The smallest absolute Gasteiger partial charge is 0.335 e. The van der Waals surface area contributed by atoms with Crippen molar-refractivity contribution in [3.05, 3.63) is 112 Å². The first-order valence-electron chi connectivity index (χ1n) is 13.1. The first-order valence-corrected chi connectivity index (χ1v) is 13.1. The third-order valence-electron chi connectivity index (χ3n) is 7.83. The molecule has 2 heterocycles. The minimum atomic E-state index is -0.989. The molecule has 8 nitrogen and oxygen atoms in total. The number of ketones is 1. The zero-order chi connectivity index (χ0) is 28.0. The Bertz CT molecular complexity index is 1650. The maximum atomic E-state index is 14.0. The molecule has 40 heavy (non-hydrogen) atoms. The number of rotatable bonds is 6. The molecule has 1 aromatic heterocycles. The highest BCUT2D eigenvalue weighted by Gasteiger charge is 2.41. The molecule has 0 saturated carbocycles. The highest BCUT2D eigenvalue weighted by atomic mass is 16.5. The summed E-state index contributed by atoms with van der Waals surface area (Å²) in [7, 11) is 3.20.